The molecular weight excluding hydrogens is 216 g/mol. The standard InChI is InChI=1S/C12H22N4O/c1-4-9(11-14-7-8-15-11)16-10(17)5-6-12(2,3)13/h7-9H,4-6,13H2,1-3H3,(H,14,15)(H,16,17). The highest BCUT2D eigenvalue weighted by atomic mass is 16.1. The van der Waals surface area contributed by atoms with E-state index in [-0.39, 0.29) is 17.5 Å². The van der Waals surface area contributed by atoms with Crippen molar-refractivity contribution >= 4 is 5.91 Å². The summed E-state index contributed by atoms with van der Waals surface area (Å²) in [5, 5.41) is 2.95. The van der Waals surface area contributed by atoms with Crippen LogP contribution in [0, 0.1) is 0 Å². The molecule has 1 atom stereocenters. The van der Waals surface area contributed by atoms with Crippen molar-refractivity contribution in [3.8, 4) is 0 Å². The molecule has 1 heterocycles. The molecule has 1 aromatic heterocycles. The molecule has 0 aliphatic rings. The molecule has 0 radical (unpaired) electrons. The topological polar surface area (TPSA) is 83.8 Å². The van der Waals surface area contributed by atoms with Gasteiger partial charge in [-0.3, -0.25) is 4.79 Å². The van der Waals surface area contributed by atoms with Crippen LogP contribution in [0.3, 0.4) is 0 Å². The van der Waals surface area contributed by atoms with Gasteiger partial charge < -0.3 is 16.0 Å². The van der Waals surface area contributed by atoms with E-state index in [9.17, 15) is 4.79 Å². The van der Waals surface area contributed by atoms with Crippen molar-refractivity contribution in [2.45, 2.75) is 51.6 Å². The third-order valence-corrected chi connectivity index (χ3v) is 2.59. The second-order valence-electron chi connectivity index (χ2n) is 4.99. The average molecular weight is 238 g/mol. The molecule has 4 N–H and O–H groups in total. The van der Waals surface area contributed by atoms with Gasteiger partial charge in [0.05, 0.1) is 6.04 Å². The van der Waals surface area contributed by atoms with Crippen molar-refractivity contribution in [2.75, 3.05) is 0 Å². The number of aromatic nitrogens is 2. The summed E-state index contributed by atoms with van der Waals surface area (Å²) in [4.78, 5) is 18.9. The van der Waals surface area contributed by atoms with Gasteiger partial charge in [0.25, 0.3) is 0 Å². The Morgan fingerprint density at radius 2 is 2.35 bits per heavy atom. The van der Waals surface area contributed by atoms with Gasteiger partial charge >= 0.3 is 0 Å². The van der Waals surface area contributed by atoms with E-state index in [1.54, 1.807) is 12.4 Å². The summed E-state index contributed by atoms with van der Waals surface area (Å²) >= 11 is 0. The molecule has 0 aliphatic carbocycles. The van der Waals surface area contributed by atoms with E-state index in [0.717, 1.165) is 12.2 Å². The zero-order chi connectivity index (χ0) is 12.9. The van der Waals surface area contributed by atoms with Crippen LogP contribution in [-0.2, 0) is 4.79 Å². The van der Waals surface area contributed by atoms with Crippen molar-refractivity contribution in [3.05, 3.63) is 18.2 Å². The van der Waals surface area contributed by atoms with E-state index >= 15 is 0 Å². The highest BCUT2D eigenvalue weighted by molar-refractivity contribution is 5.76. The average Bonchev–Trinajstić information content (AvgIpc) is 2.75. The Morgan fingerprint density at radius 1 is 1.65 bits per heavy atom. The molecule has 0 bridgehead atoms. The van der Waals surface area contributed by atoms with Gasteiger partial charge in [0.2, 0.25) is 5.91 Å². The number of nitrogens with zero attached hydrogens (tertiary/aromatic N) is 1. The van der Waals surface area contributed by atoms with Crippen molar-refractivity contribution in [1.29, 1.82) is 0 Å². The van der Waals surface area contributed by atoms with Crippen molar-refractivity contribution in [2.24, 2.45) is 5.73 Å². The monoisotopic (exact) mass is 238 g/mol. The van der Waals surface area contributed by atoms with Crippen LogP contribution in [0.5, 0.6) is 0 Å². The van der Waals surface area contributed by atoms with Gasteiger partial charge in [-0.15, -0.1) is 0 Å². The number of nitrogens with two attached hydrogens (primary N) is 1. The molecule has 0 saturated heterocycles. The first-order chi connectivity index (χ1) is 7.92. The number of hydrogen-bond donors (Lipinski definition) is 3. The van der Waals surface area contributed by atoms with Gasteiger partial charge in [0.15, 0.2) is 0 Å². The third kappa shape index (κ3) is 4.99. The predicted octanol–water partition coefficient (Wildman–Crippen LogP) is 1.49. The smallest absolute Gasteiger partial charge is 0.220 e. The van der Waals surface area contributed by atoms with Crippen LogP contribution < -0.4 is 11.1 Å². The van der Waals surface area contributed by atoms with Gasteiger partial charge in [0, 0.05) is 24.4 Å². The summed E-state index contributed by atoms with van der Waals surface area (Å²) < 4.78 is 0. The first-order valence-corrected chi connectivity index (χ1v) is 6.00. The molecule has 1 rings (SSSR count). The van der Waals surface area contributed by atoms with Crippen LogP contribution >= 0.6 is 0 Å². The van der Waals surface area contributed by atoms with E-state index < -0.39 is 0 Å². The maximum absolute atomic E-state index is 11.7. The number of hydrogen-bond acceptors (Lipinski definition) is 3. The van der Waals surface area contributed by atoms with Crippen LogP contribution in [0.25, 0.3) is 0 Å². The number of imidazole rings is 1. The lowest BCUT2D eigenvalue weighted by Gasteiger charge is -2.19. The molecule has 0 aromatic carbocycles. The van der Waals surface area contributed by atoms with Gasteiger partial charge in [-0.1, -0.05) is 6.92 Å². The summed E-state index contributed by atoms with van der Waals surface area (Å²) in [7, 11) is 0. The molecule has 0 spiro atoms. The van der Waals surface area contributed by atoms with E-state index in [2.05, 4.69) is 15.3 Å². The molecule has 1 amide bonds. The number of rotatable bonds is 6. The minimum Gasteiger partial charge on any atom is -0.347 e. The molecule has 5 nitrogen and oxygen atoms in total. The van der Waals surface area contributed by atoms with E-state index in [1.807, 2.05) is 20.8 Å². The number of nitrogens with one attached hydrogen (secondary N) is 2. The molecule has 5 heteroatoms. The molecular formula is C12H22N4O. The number of carbonyl (C=O) groups is 1. The fraction of sp³-hybridized carbons (Fsp3) is 0.667. The number of carbonyl (C=O) groups excluding carboxylic acids is 1. The van der Waals surface area contributed by atoms with E-state index in [0.29, 0.717) is 12.8 Å². The lowest BCUT2D eigenvalue weighted by molar-refractivity contribution is -0.122. The Kier molecular flexibility index (Phi) is 4.69. The van der Waals surface area contributed by atoms with Crippen molar-refractivity contribution in [1.82, 2.24) is 15.3 Å². The Labute approximate surface area is 102 Å². The van der Waals surface area contributed by atoms with Crippen LogP contribution in [0.2, 0.25) is 0 Å². The Hall–Kier alpha value is -1.36. The summed E-state index contributed by atoms with van der Waals surface area (Å²) in [6, 6.07) is -0.0432. The van der Waals surface area contributed by atoms with Gasteiger partial charge in [-0.25, -0.2) is 4.98 Å². The van der Waals surface area contributed by atoms with Gasteiger partial charge in [-0.2, -0.15) is 0 Å². The van der Waals surface area contributed by atoms with Crippen molar-refractivity contribution < 1.29 is 4.79 Å². The fourth-order valence-corrected chi connectivity index (χ4v) is 1.53. The quantitative estimate of drug-likeness (QED) is 0.702. The molecule has 1 unspecified atom stereocenters. The second kappa shape index (κ2) is 5.82. The largest absolute Gasteiger partial charge is 0.347 e. The Bertz CT molecular complexity index is 340. The summed E-state index contributed by atoms with van der Waals surface area (Å²) in [6.07, 6.45) is 5.37. The first kappa shape index (κ1) is 13.7. The summed E-state index contributed by atoms with van der Waals surface area (Å²) in [5.74, 6) is 0.819. The van der Waals surface area contributed by atoms with Crippen LogP contribution in [0.4, 0.5) is 0 Å². The molecule has 0 aliphatic heterocycles. The molecule has 17 heavy (non-hydrogen) atoms. The zero-order valence-corrected chi connectivity index (χ0v) is 10.8. The third-order valence-electron chi connectivity index (χ3n) is 2.59. The maximum Gasteiger partial charge on any atom is 0.220 e. The lowest BCUT2D eigenvalue weighted by Crippen LogP contribution is -2.35. The Morgan fingerprint density at radius 3 is 2.82 bits per heavy atom. The zero-order valence-electron chi connectivity index (χ0n) is 10.8. The van der Waals surface area contributed by atoms with Crippen LogP contribution in [-0.4, -0.2) is 21.4 Å². The summed E-state index contributed by atoms with van der Waals surface area (Å²) in [6.45, 7) is 5.86. The Balaban J connectivity index is 2.44. The summed E-state index contributed by atoms with van der Waals surface area (Å²) in [5.41, 5.74) is 5.54. The first-order valence-electron chi connectivity index (χ1n) is 6.00. The predicted molar refractivity (Wildman–Crippen MR) is 67.3 cm³/mol. The van der Waals surface area contributed by atoms with Crippen LogP contribution in [0.1, 0.15) is 51.9 Å². The van der Waals surface area contributed by atoms with Crippen LogP contribution in [0.15, 0.2) is 12.4 Å². The highest BCUT2D eigenvalue weighted by Gasteiger charge is 2.17. The molecule has 96 valence electrons. The lowest BCUT2D eigenvalue weighted by atomic mass is 10.00. The SMILES string of the molecule is CCC(NC(=O)CCC(C)(C)N)c1ncc[nH]1. The molecule has 1 aromatic rings. The minimum absolute atomic E-state index is 0.0202. The van der Waals surface area contributed by atoms with Gasteiger partial charge in [0.1, 0.15) is 5.82 Å². The highest BCUT2D eigenvalue weighted by Crippen LogP contribution is 2.13. The normalized spacial score (nSPS) is 13.4. The number of aromatic amines is 1. The number of H-pyrrole nitrogens is 1. The van der Waals surface area contributed by atoms with E-state index in [4.69, 9.17) is 5.73 Å². The second-order valence-corrected chi connectivity index (χ2v) is 4.99. The van der Waals surface area contributed by atoms with Gasteiger partial charge in [-0.05, 0) is 26.7 Å². The number of amides is 1. The molecule has 0 saturated carbocycles. The minimum atomic E-state index is -0.302. The van der Waals surface area contributed by atoms with Crippen molar-refractivity contribution in [3.63, 3.8) is 0 Å². The maximum atomic E-state index is 11.7. The van der Waals surface area contributed by atoms with E-state index in [1.165, 1.54) is 0 Å². The fourth-order valence-electron chi connectivity index (χ4n) is 1.53. The molecule has 0 fully saturated rings.